The van der Waals surface area contributed by atoms with Crippen LogP contribution >= 0.6 is 0 Å². The van der Waals surface area contributed by atoms with E-state index in [1.54, 1.807) is 0 Å². The van der Waals surface area contributed by atoms with E-state index in [2.05, 4.69) is 20.3 Å². The fourth-order valence-electron chi connectivity index (χ4n) is 4.41. The second-order valence-electron chi connectivity index (χ2n) is 8.57. The largest absolute Gasteiger partial charge is 0.522 e. The maximum atomic E-state index is 12.9. The van der Waals surface area contributed by atoms with Crippen LogP contribution in [-0.4, -0.2) is 47.8 Å². The van der Waals surface area contributed by atoms with Crippen LogP contribution < -0.4 is 10.1 Å². The van der Waals surface area contributed by atoms with E-state index in [0.717, 1.165) is 6.42 Å². The van der Waals surface area contributed by atoms with Gasteiger partial charge < -0.3 is 19.2 Å². The zero-order valence-corrected chi connectivity index (χ0v) is 17.3. The van der Waals surface area contributed by atoms with Gasteiger partial charge in [-0.05, 0) is 55.4 Å². The highest BCUT2D eigenvalue weighted by molar-refractivity contribution is 5.78. The topological polar surface area (TPSA) is 95.7 Å². The van der Waals surface area contributed by atoms with E-state index in [0.29, 0.717) is 17.5 Å². The smallest absolute Gasteiger partial charge is 0.484 e. The van der Waals surface area contributed by atoms with Gasteiger partial charge in [-0.15, -0.1) is 23.4 Å². The number of rotatable bonds is 7. The molecule has 1 saturated heterocycles. The van der Waals surface area contributed by atoms with Crippen molar-refractivity contribution < 1.29 is 41.0 Å². The predicted octanol–water partition coefficient (Wildman–Crippen LogP) is 3.26. The Labute approximate surface area is 185 Å². The van der Waals surface area contributed by atoms with Gasteiger partial charge in [-0.3, -0.25) is 9.53 Å². The molecule has 3 aliphatic rings. The fraction of sp³-hybridized carbons (Fsp3) is 0.571. The molecule has 1 N–H and O–H groups in total. The average molecular weight is 471 g/mol. The standard InChI is InChI=1S/C21H21F4N3O5/c22-11-1-3-12(4-2-11)30-9-17(29)26-16-8-31-18(15-7-14(15)16)20-28-27-19(32-20)10-5-13(6-10)33-21(23,24)25/h1-4,10,13-16,18H,5-9H2,(H,26,29)/t10?,13?,14?,15?,16-,18-/m0/s1. The Kier molecular flexibility index (Phi) is 5.73. The molecule has 1 aliphatic heterocycles. The number of benzene rings is 1. The zero-order valence-electron chi connectivity index (χ0n) is 17.3. The average Bonchev–Trinajstić information content (AvgIpc) is 3.40. The highest BCUT2D eigenvalue weighted by Gasteiger charge is 2.54. The molecule has 1 amide bonds. The molecule has 1 aromatic carbocycles. The van der Waals surface area contributed by atoms with Crippen molar-refractivity contribution in [2.24, 2.45) is 11.8 Å². The molecule has 2 saturated carbocycles. The van der Waals surface area contributed by atoms with Gasteiger partial charge in [-0.2, -0.15) is 0 Å². The van der Waals surface area contributed by atoms with Crippen molar-refractivity contribution in [3.05, 3.63) is 41.9 Å². The Morgan fingerprint density at radius 1 is 1.09 bits per heavy atom. The first kappa shape index (κ1) is 22.1. The first-order chi connectivity index (χ1) is 15.7. The molecule has 0 bridgehead atoms. The minimum Gasteiger partial charge on any atom is -0.484 e. The van der Waals surface area contributed by atoms with Gasteiger partial charge in [-0.25, -0.2) is 4.39 Å². The number of carbonyl (C=O) groups excluding carboxylic acids is 1. The summed E-state index contributed by atoms with van der Waals surface area (Å²) < 4.78 is 70.6. The summed E-state index contributed by atoms with van der Waals surface area (Å²) in [7, 11) is 0. The van der Waals surface area contributed by atoms with Crippen LogP contribution in [0.3, 0.4) is 0 Å². The minimum absolute atomic E-state index is 0.109. The van der Waals surface area contributed by atoms with E-state index in [1.807, 2.05) is 0 Å². The minimum atomic E-state index is -4.65. The van der Waals surface area contributed by atoms with E-state index < -0.39 is 18.6 Å². The van der Waals surface area contributed by atoms with Gasteiger partial charge in [0, 0.05) is 5.92 Å². The van der Waals surface area contributed by atoms with Crippen LogP contribution in [0.4, 0.5) is 17.6 Å². The van der Waals surface area contributed by atoms with Crippen LogP contribution in [0, 0.1) is 17.7 Å². The Morgan fingerprint density at radius 2 is 1.82 bits per heavy atom. The maximum Gasteiger partial charge on any atom is 0.522 e. The Bertz CT molecular complexity index is 993. The number of halogens is 4. The molecule has 178 valence electrons. The number of aromatic nitrogens is 2. The summed E-state index contributed by atoms with van der Waals surface area (Å²) in [5.41, 5.74) is 0. The number of ether oxygens (including phenoxy) is 3. The summed E-state index contributed by atoms with van der Waals surface area (Å²) in [6.07, 6.45) is -4.77. The summed E-state index contributed by atoms with van der Waals surface area (Å²) in [6, 6.07) is 5.21. The lowest BCUT2D eigenvalue weighted by molar-refractivity contribution is -0.352. The number of hydrogen-bond acceptors (Lipinski definition) is 7. The van der Waals surface area contributed by atoms with E-state index in [-0.39, 0.29) is 61.6 Å². The van der Waals surface area contributed by atoms with Gasteiger partial charge in [0.15, 0.2) is 6.61 Å². The van der Waals surface area contributed by atoms with Crippen molar-refractivity contribution in [1.29, 1.82) is 0 Å². The quantitative estimate of drug-likeness (QED) is 0.620. The second kappa shape index (κ2) is 8.56. The normalized spacial score (nSPS) is 30.8. The lowest BCUT2D eigenvalue weighted by Gasteiger charge is -2.33. The third kappa shape index (κ3) is 5.11. The molecular formula is C21H21F4N3O5. The van der Waals surface area contributed by atoms with Crippen molar-refractivity contribution in [2.45, 2.75) is 49.8 Å². The number of fused-ring (bicyclic) bond motifs is 1. The van der Waals surface area contributed by atoms with Gasteiger partial charge in [0.05, 0.1) is 18.8 Å². The number of alkyl halides is 3. The third-order valence-electron chi connectivity index (χ3n) is 6.23. The summed E-state index contributed by atoms with van der Waals surface area (Å²) in [6.45, 7) is 0.0627. The van der Waals surface area contributed by atoms with Gasteiger partial charge in [0.2, 0.25) is 11.8 Å². The van der Waals surface area contributed by atoms with E-state index in [1.165, 1.54) is 24.3 Å². The Morgan fingerprint density at radius 3 is 2.55 bits per heavy atom. The molecule has 2 heterocycles. The molecule has 12 heteroatoms. The van der Waals surface area contributed by atoms with Crippen LogP contribution in [0.25, 0.3) is 0 Å². The van der Waals surface area contributed by atoms with Crippen LogP contribution in [0.15, 0.2) is 28.7 Å². The summed E-state index contributed by atoms with van der Waals surface area (Å²) in [4.78, 5) is 12.2. The molecule has 5 rings (SSSR count). The van der Waals surface area contributed by atoms with Crippen molar-refractivity contribution >= 4 is 5.91 Å². The predicted molar refractivity (Wildman–Crippen MR) is 101 cm³/mol. The number of nitrogens with zero attached hydrogens (tertiary/aromatic N) is 2. The first-order valence-electron chi connectivity index (χ1n) is 10.6. The van der Waals surface area contributed by atoms with Gasteiger partial charge >= 0.3 is 6.36 Å². The Balaban J connectivity index is 1.08. The highest BCUT2D eigenvalue weighted by Crippen LogP contribution is 2.54. The zero-order chi connectivity index (χ0) is 23.2. The molecule has 1 aromatic heterocycles. The van der Waals surface area contributed by atoms with Crippen molar-refractivity contribution in [3.8, 4) is 5.75 Å². The molecular weight excluding hydrogens is 450 g/mol. The summed E-state index contributed by atoms with van der Waals surface area (Å²) in [5, 5.41) is 10.9. The molecule has 33 heavy (non-hydrogen) atoms. The van der Waals surface area contributed by atoms with Crippen LogP contribution in [-0.2, 0) is 14.3 Å². The van der Waals surface area contributed by atoms with E-state index in [4.69, 9.17) is 13.9 Å². The van der Waals surface area contributed by atoms with Crippen LogP contribution in [0.5, 0.6) is 5.75 Å². The Hall–Kier alpha value is -2.73. The molecule has 2 aliphatic carbocycles. The van der Waals surface area contributed by atoms with Gasteiger partial charge in [0.1, 0.15) is 17.7 Å². The molecule has 4 atom stereocenters. The second-order valence-corrected chi connectivity index (χ2v) is 8.57. The lowest BCUT2D eigenvalue weighted by Crippen LogP contribution is -2.45. The van der Waals surface area contributed by atoms with E-state index in [9.17, 15) is 22.4 Å². The summed E-state index contributed by atoms with van der Waals surface area (Å²) in [5.74, 6) is 0.346. The molecule has 2 unspecified atom stereocenters. The monoisotopic (exact) mass is 471 g/mol. The van der Waals surface area contributed by atoms with E-state index >= 15 is 0 Å². The fourth-order valence-corrected chi connectivity index (χ4v) is 4.41. The van der Waals surface area contributed by atoms with Crippen LogP contribution in [0.1, 0.15) is 43.1 Å². The summed E-state index contributed by atoms with van der Waals surface area (Å²) >= 11 is 0. The number of amides is 1. The molecule has 0 radical (unpaired) electrons. The molecule has 2 aromatic rings. The SMILES string of the molecule is O=C(COc1ccc(F)cc1)N[C@H]1CO[C@H](c2nnc(C3CC(OC(F)(F)F)C3)o2)C2CC21. The van der Waals surface area contributed by atoms with Crippen LogP contribution in [0.2, 0.25) is 0 Å². The maximum absolute atomic E-state index is 12.9. The van der Waals surface area contributed by atoms with Gasteiger partial charge in [-0.1, -0.05) is 0 Å². The first-order valence-corrected chi connectivity index (χ1v) is 10.6. The van der Waals surface area contributed by atoms with Crippen molar-refractivity contribution in [1.82, 2.24) is 15.5 Å². The third-order valence-corrected chi connectivity index (χ3v) is 6.23. The van der Waals surface area contributed by atoms with Crippen molar-refractivity contribution in [3.63, 3.8) is 0 Å². The van der Waals surface area contributed by atoms with Crippen molar-refractivity contribution in [2.75, 3.05) is 13.2 Å². The highest BCUT2D eigenvalue weighted by atomic mass is 19.4. The number of hydrogen-bond donors (Lipinski definition) is 1. The van der Waals surface area contributed by atoms with Gasteiger partial charge in [0.25, 0.3) is 5.91 Å². The molecule has 0 spiro atoms. The molecule has 3 fully saturated rings. The molecule has 8 nitrogen and oxygen atoms in total. The number of carbonyl (C=O) groups is 1. The number of nitrogens with one attached hydrogen (secondary N) is 1. The lowest BCUT2D eigenvalue weighted by atomic mass is 9.82.